The van der Waals surface area contributed by atoms with E-state index in [9.17, 15) is 18.0 Å². The van der Waals surface area contributed by atoms with E-state index in [2.05, 4.69) is 9.72 Å². The van der Waals surface area contributed by atoms with Crippen molar-refractivity contribution in [3.05, 3.63) is 59.7 Å². The summed E-state index contributed by atoms with van der Waals surface area (Å²) < 4.78 is 42.4. The van der Waals surface area contributed by atoms with E-state index < -0.39 is 17.7 Å². The first-order valence-electron chi connectivity index (χ1n) is 6.77. The molecule has 0 aliphatic heterocycles. The third-order valence-corrected chi connectivity index (χ3v) is 3.57. The minimum Gasteiger partial charge on any atom is -0.465 e. The van der Waals surface area contributed by atoms with Gasteiger partial charge in [-0.3, -0.25) is 0 Å². The number of hydrogen-bond acceptors (Lipinski definition) is 2. The van der Waals surface area contributed by atoms with Crippen molar-refractivity contribution in [2.45, 2.75) is 6.18 Å². The molecule has 1 heterocycles. The van der Waals surface area contributed by atoms with Crippen molar-refractivity contribution in [2.24, 2.45) is 0 Å². The average Bonchev–Trinajstić information content (AvgIpc) is 2.96. The number of benzene rings is 2. The number of methoxy groups -OCH3 is 1. The summed E-state index contributed by atoms with van der Waals surface area (Å²) in [6, 6.07) is 11.8. The van der Waals surface area contributed by atoms with E-state index in [0.29, 0.717) is 22.3 Å². The Hall–Kier alpha value is -2.76. The van der Waals surface area contributed by atoms with Gasteiger partial charge in [0.05, 0.1) is 18.2 Å². The quantitative estimate of drug-likeness (QED) is 0.699. The Labute approximate surface area is 129 Å². The van der Waals surface area contributed by atoms with E-state index in [0.717, 1.165) is 17.5 Å². The minimum atomic E-state index is -4.35. The molecule has 3 aromatic rings. The number of carbonyl (C=O) groups excluding carboxylic acids is 1. The van der Waals surface area contributed by atoms with Crippen molar-refractivity contribution in [3.63, 3.8) is 0 Å². The predicted molar refractivity (Wildman–Crippen MR) is 80.1 cm³/mol. The first-order valence-corrected chi connectivity index (χ1v) is 6.77. The number of carbonyl (C=O) groups is 1. The summed E-state index contributed by atoms with van der Waals surface area (Å²) in [5, 5.41) is 0.854. The highest BCUT2D eigenvalue weighted by atomic mass is 19.4. The molecular weight excluding hydrogens is 307 g/mol. The van der Waals surface area contributed by atoms with Crippen LogP contribution in [0.5, 0.6) is 0 Å². The maximum absolute atomic E-state index is 12.6. The molecule has 0 radical (unpaired) electrons. The highest BCUT2D eigenvalue weighted by molar-refractivity contribution is 5.95. The highest BCUT2D eigenvalue weighted by Crippen LogP contribution is 2.31. The number of aromatic nitrogens is 1. The van der Waals surface area contributed by atoms with Crippen LogP contribution in [-0.2, 0) is 10.9 Å². The predicted octanol–water partition coefficient (Wildman–Crippen LogP) is 4.64. The molecule has 0 aliphatic carbocycles. The van der Waals surface area contributed by atoms with E-state index in [1.165, 1.54) is 19.2 Å². The van der Waals surface area contributed by atoms with Crippen LogP contribution in [0.25, 0.3) is 22.2 Å². The Morgan fingerprint density at radius 1 is 1.04 bits per heavy atom. The summed E-state index contributed by atoms with van der Waals surface area (Å²) in [4.78, 5) is 14.6. The van der Waals surface area contributed by atoms with Crippen LogP contribution in [0.1, 0.15) is 15.9 Å². The fourth-order valence-electron chi connectivity index (χ4n) is 2.37. The van der Waals surface area contributed by atoms with Crippen LogP contribution in [0.2, 0.25) is 0 Å². The van der Waals surface area contributed by atoms with E-state index >= 15 is 0 Å². The average molecular weight is 319 g/mol. The number of ether oxygens (including phenoxy) is 1. The van der Waals surface area contributed by atoms with Crippen LogP contribution in [0.15, 0.2) is 48.5 Å². The molecule has 1 aromatic heterocycles. The molecular formula is C17H12F3NO2. The minimum absolute atomic E-state index is 0.404. The summed E-state index contributed by atoms with van der Waals surface area (Å²) >= 11 is 0. The van der Waals surface area contributed by atoms with Crippen molar-refractivity contribution in [1.82, 2.24) is 4.98 Å². The lowest BCUT2D eigenvalue weighted by Crippen LogP contribution is -2.03. The van der Waals surface area contributed by atoms with Gasteiger partial charge < -0.3 is 9.72 Å². The van der Waals surface area contributed by atoms with Crippen molar-refractivity contribution >= 4 is 16.9 Å². The number of H-pyrrole nitrogens is 1. The molecule has 6 heteroatoms. The zero-order valence-electron chi connectivity index (χ0n) is 12.1. The number of rotatable bonds is 2. The molecule has 23 heavy (non-hydrogen) atoms. The van der Waals surface area contributed by atoms with Crippen LogP contribution in [0, 0.1) is 0 Å². The Morgan fingerprint density at radius 2 is 1.74 bits per heavy atom. The van der Waals surface area contributed by atoms with Crippen molar-refractivity contribution in [3.8, 4) is 11.3 Å². The van der Waals surface area contributed by atoms with Crippen LogP contribution >= 0.6 is 0 Å². The van der Waals surface area contributed by atoms with Gasteiger partial charge in [-0.05, 0) is 35.9 Å². The molecule has 0 spiro atoms. The van der Waals surface area contributed by atoms with E-state index in [1.807, 2.05) is 6.07 Å². The van der Waals surface area contributed by atoms with Crippen molar-refractivity contribution < 1.29 is 22.7 Å². The molecule has 0 bridgehead atoms. The lowest BCUT2D eigenvalue weighted by Gasteiger charge is -2.06. The number of alkyl halides is 3. The number of esters is 1. The summed E-state index contributed by atoms with van der Waals surface area (Å²) in [7, 11) is 1.30. The Morgan fingerprint density at radius 3 is 2.35 bits per heavy atom. The first-order chi connectivity index (χ1) is 10.9. The van der Waals surface area contributed by atoms with Gasteiger partial charge in [0.25, 0.3) is 0 Å². The fourth-order valence-corrected chi connectivity index (χ4v) is 2.37. The Balaban J connectivity index is 1.98. The number of fused-ring (bicyclic) bond motifs is 1. The number of nitrogens with one attached hydrogen (secondary N) is 1. The third-order valence-electron chi connectivity index (χ3n) is 3.57. The smallest absolute Gasteiger partial charge is 0.416 e. The lowest BCUT2D eigenvalue weighted by atomic mass is 10.1. The second-order valence-corrected chi connectivity index (χ2v) is 5.05. The maximum atomic E-state index is 12.6. The van der Waals surface area contributed by atoms with Gasteiger partial charge in [-0.15, -0.1) is 0 Å². The third kappa shape index (κ3) is 2.92. The van der Waals surface area contributed by atoms with Crippen molar-refractivity contribution in [1.29, 1.82) is 0 Å². The van der Waals surface area contributed by atoms with Crippen LogP contribution in [-0.4, -0.2) is 18.1 Å². The number of aromatic amines is 1. The molecule has 3 rings (SSSR count). The molecule has 0 amide bonds. The monoisotopic (exact) mass is 319 g/mol. The molecule has 0 fully saturated rings. The van der Waals surface area contributed by atoms with Gasteiger partial charge in [-0.2, -0.15) is 13.2 Å². The molecule has 0 unspecified atom stereocenters. The van der Waals surface area contributed by atoms with Crippen LogP contribution in [0.3, 0.4) is 0 Å². The summed E-state index contributed by atoms with van der Waals surface area (Å²) in [5.41, 5.74) is 1.73. The zero-order chi connectivity index (χ0) is 16.6. The summed E-state index contributed by atoms with van der Waals surface area (Å²) in [5.74, 6) is -0.447. The molecule has 1 N–H and O–H groups in total. The SMILES string of the molecule is COC(=O)c1ccc2cc(-c3ccc(C(F)(F)F)cc3)[nH]c2c1. The molecule has 2 aromatic carbocycles. The molecule has 0 saturated heterocycles. The largest absolute Gasteiger partial charge is 0.465 e. The second-order valence-electron chi connectivity index (χ2n) is 5.05. The van der Waals surface area contributed by atoms with Gasteiger partial charge >= 0.3 is 12.1 Å². The van der Waals surface area contributed by atoms with Crippen LogP contribution in [0.4, 0.5) is 13.2 Å². The Kier molecular flexibility index (Phi) is 3.60. The summed E-state index contributed by atoms with van der Waals surface area (Å²) in [6.45, 7) is 0. The molecule has 3 nitrogen and oxygen atoms in total. The standard InChI is InChI=1S/C17H12F3NO2/c1-23-16(22)12-3-2-11-8-14(21-15(11)9-12)10-4-6-13(7-5-10)17(18,19)20/h2-9,21H,1H3. The van der Waals surface area contributed by atoms with Gasteiger partial charge in [-0.25, -0.2) is 4.79 Å². The topological polar surface area (TPSA) is 42.1 Å². The number of hydrogen-bond donors (Lipinski definition) is 1. The van der Waals surface area contributed by atoms with Gasteiger partial charge in [0.1, 0.15) is 0 Å². The second kappa shape index (κ2) is 5.46. The van der Waals surface area contributed by atoms with Gasteiger partial charge in [-0.1, -0.05) is 18.2 Å². The summed E-state index contributed by atoms with van der Waals surface area (Å²) in [6.07, 6.45) is -4.35. The van der Waals surface area contributed by atoms with Crippen LogP contribution < -0.4 is 0 Å². The zero-order valence-corrected chi connectivity index (χ0v) is 12.1. The first kappa shape index (κ1) is 15.1. The Bertz CT molecular complexity index is 864. The normalized spacial score (nSPS) is 11.7. The van der Waals surface area contributed by atoms with Gasteiger partial charge in [0, 0.05) is 16.6 Å². The van der Waals surface area contributed by atoms with E-state index in [-0.39, 0.29) is 0 Å². The lowest BCUT2D eigenvalue weighted by molar-refractivity contribution is -0.137. The molecule has 0 saturated carbocycles. The van der Waals surface area contributed by atoms with E-state index in [4.69, 9.17) is 0 Å². The fraction of sp³-hybridized carbons (Fsp3) is 0.118. The van der Waals surface area contributed by atoms with E-state index in [1.54, 1.807) is 18.2 Å². The molecule has 0 atom stereocenters. The van der Waals surface area contributed by atoms with Gasteiger partial charge in [0.2, 0.25) is 0 Å². The maximum Gasteiger partial charge on any atom is 0.416 e. The molecule has 0 aliphatic rings. The molecule has 118 valence electrons. The van der Waals surface area contributed by atoms with Crippen molar-refractivity contribution in [2.75, 3.05) is 7.11 Å². The highest BCUT2D eigenvalue weighted by Gasteiger charge is 2.30. The van der Waals surface area contributed by atoms with Gasteiger partial charge in [0.15, 0.2) is 0 Å². The number of halogens is 3.